The Balaban J connectivity index is 1.47. The Morgan fingerprint density at radius 3 is 2.67 bits per heavy atom. The monoisotopic (exact) mass is 325 g/mol. The molecule has 1 aliphatic heterocycles. The molecule has 3 heterocycles. The Morgan fingerprint density at radius 1 is 1.17 bits per heavy atom. The molecule has 1 atom stereocenters. The van der Waals surface area contributed by atoms with Gasteiger partial charge in [-0.15, -0.1) is 0 Å². The smallest absolute Gasteiger partial charge is 0.317 e. The fourth-order valence-electron chi connectivity index (χ4n) is 2.89. The molecule has 0 radical (unpaired) electrons. The van der Waals surface area contributed by atoms with Gasteiger partial charge in [-0.2, -0.15) is 0 Å². The van der Waals surface area contributed by atoms with Crippen LogP contribution in [0.4, 0.5) is 10.5 Å². The summed E-state index contributed by atoms with van der Waals surface area (Å²) in [6, 6.07) is 9.90. The summed E-state index contributed by atoms with van der Waals surface area (Å²) >= 11 is 0. The second-order valence-corrected chi connectivity index (χ2v) is 6.06. The average Bonchev–Trinajstić information content (AvgIpc) is 2.63. The van der Waals surface area contributed by atoms with Gasteiger partial charge in [0.05, 0.1) is 11.9 Å². The van der Waals surface area contributed by atoms with Gasteiger partial charge in [-0.1, -0.05) is 6.07 Å². The number of anilines is 1. The maximum atomic E-state index is 12.4. The molecule has 2 aromatic heterocycles. The molecular formula is C18H23N5O. The SMILES string of the molecule is CC(Cc1ccccn1)NC(=O)N1CCN(c2cccnc2)CC1. The molecule has 1 aliphatic rings. The van der Waals surface area contributed by atoms with Crippen LogP contribution in [0, 0.1) is 0 Å². The van der Waals surface area contributed by atoms with Crippen LogP contribution >= 0.6 is 0 Å². The highest BCUT2D eigenvalue weighted by molar-refractivity contribution is 5.75. The van der Waals surface area contributed by atoms with Crippen LogP contribution in [0.3, 0.4) is 0 Å². The van der Waals surface area contributed by atoms with Crippen LogP contribution in [-0.2, 0) is 6.42 Å². The van der Waals surface area contributed by atoms with E-state index >= 15 is 0 Å². The number of hydrogen-bond donors (Lipinski definition) is 1. The van der Waals surface area contributed by atoms with E-state index < -0.39 is 0 Å². The summed E-state index contributed by atoms with van der Waals surface area (Å²) in [7, 11) is 0. The lowest BCUT2D eigenvalue weighted by molar-refractivity contribution is 0.191. The van der Waals surface area contributed by atoms with E-state index in [9.17, 15) is 4.79 Å². The van der Waals surface area contributed by atoms with Crippen molar-refractivity contribution in [1.29, 1.82) is 0 Å². The highest BCUT2D eigenvalue weighted by atomic mass is 16.2. The normalized spacial score (nSPS) is 15.9. The summed E-state index contributed by atoms with van der Waals surface area (Å²) < 4.78 is 0. The lowest BCUT2D eigenvalue weighted by Crippen LogP contribution is -2.53. The van der Waals surface area contributed by atoms with Crippen molar-refractivity contribution >= 4 is 11.7 Å². The van der Waals surface area contributed by atoms with Crippen LogP contribution in [0.1, 0.15) is 12.6 Å². The van der Waals surface area contributed by atoms with Crippen molar-refractivity contribution in [1.82, 2.24) is 20.2 Å². The number of hydrogen-bond acceptors (Lipinski definition) is 4. The number of pyridine rings is 2. The van der Waals surface area contributed by atoms with E-state index in [-0.39, 0.29) is 12.1 Å². The molecule has 1 N–H and O–H groups in total. The molecule has 6 heteroatoms. The Bertz CT molecular complexity index is 641. The maximum absolute atomic E-state index is 12.4. The molecule has 2 aromatic rings. The molecule has 3 rings (SSSR count). The Hall–Kier alpha value is -2.63. The zero-order valence-electron chi connectivity index (χ0n) is 13.9. The van der Waals surface area contributed by atoms with E-state index in [0.29, 0.717) is 0 Å². The Kier molecular flexibility index (Phi) is 5.25. The average molecular weight is 325 g/mol. The van der Waals surface area contributed by atoms with Gasteiger partial charge in [-0.25, -0.2) is 4.79 Å². The minimum atomic E-state index is 0.00395. The first-order valence-corrected chi connectivity index (χ1v) is 8.32. The van der Waals surface area contributed by atoms with Crippen molar-refractivity contribution in [3.63, 3.8) is 0 Å². The van der Waals surface area contributed by atoms with Gasteiger partial charge in [0.1, 0.15) is 0 Å². The van der Waals surface area contributed by atoms with Gasteiger partial charge in [0, 0.05) is 56.7 Å². The highest BCUT2D eigenvalue weighted by Gasteiger charge is 2.22. The van der Waals surface area contributed by atoms with Crippen LogP contribution in [0.5, 0.6) is 0 Å². The van der Waals surface area contributed by atoms with E-state index in [1.54, 1.807) is 12.4 Å². The molecule has 24 heavy (non-hydrogen) atoms. The largest absolute Gasteiger partial charge is 0.367 e. The van der Waals surface area contributed by atoms with Gasteiger partial charge in [-0.3, -0.25) is 9.97 Å². The quantitative estimate of drug-likeness (QED) is 0.933. The number of piperazine rings is 1. The highest BCUT2D eigenvalue weighted by Crippen LogP contribution is 2.14. The summed E-state index contributed by atoms with van der Waals surface area (Å²) in [4.78, 5) is 25.0. The zero-order valence-corrected chi connectivity index (χ0v) is 13.9. The van der Waals surface area contributed by atoms with Gasteiger partial charge in [-0.05, 0) is 31.2 Å². The molecule has 0 saturated carbocycles. The van der Waals surface area contributed by atoms with Gasteiger partial charge in [0.15, 0.2) is 0 Å². The first-order valence-electron chi connectivity index (χ1n) is 8.32. The third-order valence-corrected chi connectivity index (χ3v) is 4.19. The van der Waals surface area contributed by atoms with Crippen molar-refractivity contribution in [2.24, 2.45) is 0 Å². The summed E-state index contributed by atoms with van der Waals surface area (Å²) in [6.45, 7) is 5.11. The van der Waals surface area contributed by atoms with Crippen molar-refractivity contribution < 1.29 is 4.79 Å². The number of nitrogens with zero attached hydrogens (tertiary/aromatic N) is 4. The fourth-order valence-corrected chi connectivity index (χ4v) is 2.89. The molecule has 1 saturated heterocycles. The molecular weight excluding hydrogens is 302 g/mol. The number of amides is 2. The van der Waals surface area contributed by atoms with Crippen molar-refractivity contribution in [3.8, 4) is 0 Å². The molecule has 0 aliphatic carbocycles. The number of nitrogens with one attached hydrogen (secondary N) is 1. The number of carbonyl (C=O) groups is 1. The second-order valence-electron chi connectivity index (χ2n) is 6.06. The Labute approximate surface area is 142 Å². The van der Waals surface area contributed by atoms with Gasteiger partial charge in [0.2, 0.25) is 0 Å². The zero-order chi connectivity index (χ0) is 16.8. The van der Waals surface area contributed by atoms with Gasteiger partial charge >= 0.3 is 6.03 Å². The topological polar surface area (TPSA) is 61.4 Å². The molecule has 0 aromatic carbocycles. The fraction of sp³-hybridized carbons (Fsp3) is 0.389. The standard InChI is InChI=1S/C18H23N5O/c1-15(13-16-5-2-3-8-20-16)21-18(24)23-11-9-22(10-12-23)17-6-4-7-19-14-17/h2-8,14-15H,9-13H2,1H3,(H,21,24). The number of urea groups is 1. The van der Waals surface area contributed by atoms with Crippen molar-refractivity contribution in [3.05, 3.63) is 54.6 Å². The van der Waals surface area contributed by atoms with Gasteiger partial charge < -0.3 is 15.1 Å². The lowest BCUT2D eigenvalue weighted by Gasteiger charge is -2.36. The van der Waals surface area contributed by atoms with Crippen molar-refractivity contribution in [2.75, 3.05) is 31.1 Å². The Morgan fingerprint density at radius 2 is 2.00 bits per heavy atom. The number of carbonyl (C=O) groups excluding carboxylic acids is 1. The molecule has 1 unspecified atom stereocenters. The second kappa shape index (κ2) is 7.77. The van der Waals surface area contributed by atoms with E-state index in [4.69, 9.17) is 0 Å². The van der Waals surface area contributed by atoms with Crippen LogP contribution in [0.25, 0.3) is 0 Å². The minimum absolute atomic E-state index is 0.00395. The summed E-state index contributed by atoms with van der Waals surface area (Å²) in [6.07, 6.45) is 6.16. The first-order chi connectivity index (χ1) is 11.7. The third kappa shape index (κ3) is 4.22. The number of aromatic nitrogens is 2. The van der Waals surface area contributed by atoms with E-state index in [2.05, 4.69) is 26.3 Å². The molecule has 0 bridgehead atoms. The molecule has 2 amide bonds. The van der Waals surface area contributed by atoms with E-state index in [1.807, 2.05) is 42.3 Å². The number of rotatable bonds is 4. The van der Waals surface area contributed by atoms with Crippen LogP contribution in [-0.4, -0.2) is 53.1 Å². The maximum Gasteiger partial charge on any atom is 0.317 e. The minimum Gasteiger partial charge on any atom is -0.367 e. The van der Waals surface area contributed by atoms with Crippen LogP contribution in [0.15, 0.2) is 48.9 Å². The summed E-state index contributed by atoms with van der Waals surface area (Å²) in [5, 5.41) is 3.07. The predicted molar refractivity (Wildman–Crippen MR) is 94.0 cm³/mol. The summed E-state index contributed by atoms with van der Waals surface area (Å²) in [5.74, 6) is 0. The predicted octanol–water partition coefficient (Wildman–Crippen LogP) is 1.94. The molecule has 126 valence electrons. The van der Waals surface area contributed by atoms with E-state index in [1.165, 1.54) is 0 Å². The molecule has 0 spiro atoms. The van der Waals surface area contributed by atoms with Crippen molar-refractivity contribution in [2.45, 2.75) is 19.4 Å². The lowest BCUT2D eigenvalue weighted by atomic mass is 10.1. The molecule has 1 fully saturated rings. The van der Waals surface area contributed by atoms with Crippen LogP contribution < -0.4 is 10.2 Å². The van der Waals surface area contributed by atoms with Gasteiger partial charge in [0.25, 0.3) is 0 Å². The summed E-state index contributed by atoms with van der Waals surface area (Å²) in [5.41, 5.74) is 2.10. The van der Waals surface area contributed by atoms with E-state index in [0.717, 1.165) is 44.0 Å². The third-order valence-electron chi connectivity index (χ3n) is 4.19. The molecule has 6 nitrogen and oxygen atoms in total. The first kappa shape index (κ1) is 16.2. The van der Waals surface area contributed by atoms with Crippen LogP contribution in [0.2, 0.25) is 0 Å².